The van der Waals surface area contributed by atoms with E-state index in [1.807, 2.05) is 24.3 Å². The van der Waals surface area contributed by atoms with Crippen molar-refractivity contribution in [2.24, 2.45) is 17.8 Å². The molecule has 0 aromatic heterocycles. The number of piperidine rings is 1. The summed E-state index contributed by atoms with van der Waals surface area (Å²) in [5.41, 5.74) is 0.958. The Hall–Kier alpha value is -2.60. The number of carbonyl (C=O) groups excluding carboxylic acids is 1. The maximum Gasteiger partial charge on any atom is 0.224 e. The first-order valence-corrected chi connectivity index (χ1v) is 10.9. The fourth-order valence-electron chi connectivity index (χ4n) is 4.23. The monoisotopic (exact) mass is 428 g/mol. The number of nitrogens with one attached hydrogen (secondary N) is 1. The van der Waals surface area contributed by atoms with Gasteiger partial charge in [0.2, 0.25) is 5.91 Å². The van der Waals surface area contributed by atoms with E-state index in [0.29, 0.717) is 24.8 Å². The summed E-state index contributed by atoms with van der Waals surface area (Å²) in [6.45, 7) is 7.83. The first-order valence-electron chi connectivity index (χ1n) is 10.9. The summed E-state index contributed by atoms with van der Waals surface area (Å²) in [4.78, 5) is 15.3. The number of benzene rings is 2. The first-order chi connectivity index (χ1) is 14.9. The van der Waals surface area contributed by atoms with Crippen LogP contribution >= 0.6 is 0 Å². The Morgan fingerprint density at radius 1 is 1.19 bits per heavy atom. The number of hydrogen-bond donors (Lipinski definition) is 1. The van der Waals surface area contributed by atoms with Gasteiger partial charge in [0.15, 0.2) is 0 Å². The maximum absolute atomic E-state index is 13.4. The standard InChI is InChI=1S/C25H33FN2O3/c1-18(2)14-28-15-19(17-31-23-9-6-8-22(26)12-23)11-21(16-28)25(29)27-13-20-7-4-5-10-24(20)30-3/h4-10,12,18-19,21H,11,13-17H2,1-3H3,(H,27,29)/t19-,21+/m0/s1. The van der Waals surface area contributed by atoms with Gasteiger partial charge < -0.3 is 19.7 Å². The van der Waals surface area contributed by atoms with Gasteiger partial charge in [0, 0.05) is 43.7 Å². The van der Waals surface area contributed by atoms with E-state index in [1.54, 1.807) is 19.2 Å². The molecule has 2 aromatic rings. The Balaban J connectivity index is 1.61. The molecule has 6 heteroatoms. The van der Waals surface area contributed by atoms with Crippen LogP contribution < -0.4 is 14.8 Å². The average Bonchev–Trinajstić information content (AvgIpc) is 2.75. The van der Waals surface area contributed by atoms with Gasteiger partial charge in [0.25, 0.3) is 0 Å². The molecule has 2 atom stereocenters. The van der Waals surface area contributed by atoms with Crippen LogP contribution in [0.4, 0.5) is 4.39 Å². The average molecular weight is 429 g/mol. The van der Waals surface area contributed by atoms with Crippen molar-refractivity contribution in [2.75, 3.05) is 33.4 Å². The van der Waals surface area contributed by atoms with Crippen molar-refractivity contribution in [2.45, 2.75) is 26.8 Å². The largest absolute Gasteiger partial charge is 0.496 e. The Morgan fingerprint density at radius 3 is 2.74 bits per heavy atom. The summed E-state index contributed by atoms with van der Waals surface area (Å²) < 4.78 is 24.7. The van der Waals surface area contributed by atoms with E-state index >= 15 is 0 Å². The summed E-state index contributed by atoms with van der Waals surface area (Å²) >= 11 is 0. The topological polar surface area (TPSA) is 50.8 Å². The number of nitrogens with zero attached hydrogens (tertiary/aromatic N) is 1. The normalized spacial score (nSPS) is 19.3. The van der Waals surface area contributed by atoms with Crippen LogP contribution in [-0.2, 0) is 11.3 Å². The van der Waals surface area contributed by atoms with Crippen molar-refractivity contribution in [3.8, 4) is 11.5 Å². The van der Waals surface area contributed by atoms with Crippen LogP contribution in [0.2, 0.25) is 0 Å². The van der Waals surface area contributed by atoms with E-state index < -0.39 is 0 Å². The predicted octanol–water partition coefficient (Wildman–Crippen LogP) is 4.12. The number of hydrogen-bond acceptors (Lipinski definition) is 4. The molecule has 1 heterocycles. The number of rotatable bonds is 9. The Bertz CT molecular complexity index is 858. The van der Waals surface area contributed by atoms with Crippen molar-refractivity contribution in [3.05, 3.63) is 59.9 Å². The number of carbonyl (C=O) groups is 1. The molecule has 1 saturated heterocycles. The highest BCUT2D eigenvalue weighted by Crippen LogP contribution is 2.25. The minimum Gasteiger partial charge on any atom is -0.496 e. The van der Waals surface area contributed by atoms with Crippen molar-refractivity contribution in [3.63, 3.8) is 0 Å². The van der Waals surface area contributed by atoms with Crippen LogP contribution in [0, 0.1) is 23.6 Å². The van der Waals surface area contributed by atoms with Gasteiger partial charge in [-0.3, -0.25) is 4.79 Å². The summed E-state index contributed by atoms with van der Waals surface area (Å²) in [5.74, 6) is 1.65. The fourth-order valence-corrected chi connectivity index (χ4v) is 4.23. The second-order valence-electron chi connectivity index (χ2n) is 8.71. The summed E-state index contributed by atoms with van der Waals surface area (Å²) in [5, 5.41) is 3.08. The van der Waals surface area contributed by atoms with Gasteiger partial charge in [0.05, 0.1) is 19.6 Å². The molecule has 0 spiro atoms. The highest BCUT2D eigenvalue weighted by molar-refractivity contribution is 5.79. The lowest BCUT2D eigenvalue weighted by Gasteiger charge is -2.38. The summed E-state index contributed by atoms with van der Waals surface area (Å²) in [7, 11) is 1.63. The number of halogens is 1. The molecular weight excluding hydrogens is 395 g/mol. The van der Waals surface area contributed by atoms with Crippen molar-refractivity contribution in [1.82, 2.24) is 10.2 Å². The molecule has 0 unspecified atom stereocenters. The molecule has 1 aliphatic rings. The lowest BCUT2D eigenvalue weighted by Crippen LogP contribution is -2.48. The smallest absolute Gasteiger partial charge is 0.224 e. The Kier molecular flexibility index (Phi) is 8.29. The van der Waals surface area contributed by atoms with E-state index in [1.165, 1.54) is 12.1 Å². The number of methoxy groups -OCH3 is 1. The van der Waals surface area contributed by atoms with Gasteiger partial charge in [-0.2, -0.15) is 0 Å². The highest BCUT2D eigenvalue weighted by atomic mass is 19.1. The molecule has 0 aliphatic carbocycles. The van der Waals surface area contributed by atoms with Crippen molar-refractivity contribution < 1.29 is 18.7 Å². The maximum atomic E-state index is 13.4. The van der Waals surface area contributed by atoms with Crippen LogP contribution in [0.1, 0.15) is 25.8 Å². The third-order valence-corrected chi connectivity index (χ3v) is 5.53. The SMILES string of the molecule is COc1ccccc1CNC(=O)[C@@H]1C[C@H](COc2cccc(F)c2)CN(CC(C)C)C1. The zero-order valence-corrected chi connectivity index (χ0v) is 18.6. The number of para-hydroxylation sites is 1. The van der Waals surface area contributed by atoms with E-state index in [0.717, 1.165) is 37.4 Å². The zero-order chi connectivity index (χ0) is 22.2. The van der Waals surface area contributed by atoms with Crippen molar-refractivity contribution in [1.29, 1.82) is 0 Å². The van der Waals surface area contributed by atoms with Crippen LogP contribution in [0.3, 0.4) is 0 Å². The molecule has 31 heavy (non-hydrogen) atoms. The number of likely N-dealkylation sites (tertiary alicyclic amines) is 1. The van der Waals surface area contributed by atoms with E-state index in [-0.39, 0.29) is 23.6 Å². The quantitative estimate of drug-likeness (QED) is 0.653. The van der Waals surface area contributed by atoms with Crippen LogP contribution in [0.5, 0.6) is 11.5 Å². The Labute approximate surface area is 184 Å². The zero-order valence-electron chi connectivity index (χ0n) is 18.6. The molecule has 1 aliphatic heterocycles. The highest BCUT2D eigenvalue weighted by Gasteiger charge is 2.32. The lowest BCUT2D eigenvalue weighted by atomic mass is 9.88. The van der Waals surface area contributed by atoms with Gasteiger partial charge in [-0.15, -0.1) is 0 Å². The predicted molar refractivity (Wildman–Crippen MR) is 120 cm³/mol. The minimum atomic E-state index is -0.309. The molecule has 1 amide bonds. The third kappa shape index (κ3) is 6.96. The second-order valence-corrected chi connectivity index (χ2v) is 8.71. The molecule has 0 bridgehead atoms. The molecule has 1 N–H and O–H groups in total. The van der Waals surface area contributed by atoms with Gasteiger partial charge in [0.1, 0.15) is 17.3 Å². The number of amides is 1. The van der Waals surface area contributed by atoms with Crippen molar-refractivity contribution >= 4 is 5.91 Å². The molecule has 0 radical (unpaired) electrons. The van der Waals surface area contributed by atoms with Gasteiger partial charge >= 0.3 is 0 Å². The van der Waals surface area contributed by atoms with Gasteiger partial charge in [-0.1, -0.05) is 38.1 Å². The van der Waals surface area contributed by atoms with Gasteiger partial charge in [-0.05, 0) is 30.5 Å². The minimum absolute atomic E-state index is 0.0510. The molecule has 1 fully saturated rings. The van der Waals surface area contributed by atoms with Crippen LogP contribution in [0.15, 0.2) is 48.5 Å². The molecule has 168 valence electrons. The fraction of sp³-hybridized carbons (Fsp3) is 0.480. The lowest BCUT2D eigenvalue weighted by molar-refractivity contribution is -0.128. The second kappa shape index (κ2) is 11.1. The summed E-state index contributed by atoms with van der Waals surface area (Å²) in [6, 6.07) is 13.9. The molecular formula is C25H33FN2O3. The molecule has 0 saturated carbocycles. The molecule has 3 rings (SSSR count). The first kappa shape index (κ1) is 23.1. The summed E-state index contributed by atoms with van der Waals surface area (Å²) in [6.07, 6.45) is 0.752. The Morgan fingerprint density at radius 2 is 2.00 bits per heavy atom. The van der Waals surface area contributed by atoms with Gasteiger partial charge in [-0.25, -0.2) is 4.39 Å². The van der Waals surface area contributed by atoms with E-state index in [9.17, 15) is 9.18 Å². The van der Waals surface area contributed by atoms with Crippen LogP contribution in [0.25, 0.3) is 0 Å². The van der Waals surface area contributed by atoms with E-state index in [4.69, 9.17) is 9.47 Å². The van der Waals surface area contributed by atoms with Crippen LogP contribution in [-0.4, -0.2) is 44.2 Å². The molecule has 5 nitrogen and oxygen atoms in total. The van der Waals surface area contributed by atoms with E-state index in [2.05, 4.69) is 24.1 Å². The molecule has 2 aromatic carbocycles. The third-order valence-electron chi connectivity index (χ3n) is 5.53. The number of ether oxygens (including phenoxy) is 2.